The van der Waals surface area contributed by atoms with Crippen LogP contribution in [0, 0.1) is 5.92 Å². The zero-order chi connectivity index (χ0) is 24.3. The number of carbonyl (C=O) groups excluding carboxylic acids is 2. The minimum Gasteiger partial charge on any atom is -0.341 e. The molecular formula is C24H26ClN3O4S2. The summed E-state index contributed by atoms with van der Waals surface area (Å²) in [5, 5.41) is 5.92. The average molecular weight is 520 g/mol. The molecule has 0 spiro atoms. The van der Waals surface area contributed by atoms with Crippen LogP contribution in [0.5, 0.6) is 0 Å². The molecule has 2 amide bonds. The third kappa shape index (κ3) is 5.66. The molecule has 7 nitrogen and oxygen atoms in total. The summed E-state index contributed by atoms with van der Waals surface area (Å²) >= 11 is 7.93. The normalized spacial score (nSPS) is 22.2. The summed E-state index contributed by atoms with van der Waals surface area (Å²) in [6.45, 7) is 4.24. The highest BCUT2D eigenvalue weighted by Gasteiger charge is 2.45. The summed E-state index contributed by atoms with van der Waals surface area (Å²) in [5.74, 6) is -0.235. The number of nitrogens with one attached hydrogen (secondary N) is 2. The van der Waals surface area contributed by atoms with Crippen LogP contribution >= 0.6 is 23.4 Å². The van der Waals surface area contributed by atoms with Gasteiger partial charge in [0.05, 0.1) is 21.0 Å². The fourth-order valence-electron chi connectivity index (χ4n) is 4.25. The minimum absolute atomic E-state index is 0.0235. The first-order chi connectivity index (χ1) is 16.3. The van der Waals surface area contributed by atoms with Crippen molar-refractivity contribution in [1.29, 1.82) is 0 Å². The van der Waals surface area contributed by atoms with Crippen molar-refractivity contribution in [3.63, 3.8) is 0 Å². The maximum atomic E-state index is 13.2. The van der Waals surface area contributed by atoms with Gasteiger partial charge < -0.3 is 10.6 Å². The number of fused-ring (bicyclic) bond motifs is 1. The van der Waals surface area contributed by atoms with Crippen molar-refractivity contribution >= 4 is 50.9 Å². The number of benzene rings is 2. The lowest BCUT2D eigenvalue weighted by Crippen LogP contribution is -2.33. The molecule has 2 fully saturated rings. The molecule has 2 saturated heterocycles. The fourth-order valence-corrected chi connectivity index (χ4v) is 7.84. The van der Waals surface area contributed by atoms with E-state index in [1.54, 1.807) is 11.8 Å². The van der Waals surface area contributed by atoms with Gasteiger partial charge in [0.25, 0.3) is 0 Å². The predicted molar refractivity (Wildman–Crippen MR) is 135 cm³/mol. The Hall–Kier alpha value is -2.33. The van der Waals surface area contributed by atoms with Crippen molar-refractivity contribution in [1.82, 2.24) is 9.62 Å². The molecule has 10 heteroatoms. The number of halogens is 1. The smallest absolute Gasteiger partial charge is 0.244 e. The molecule has 0 saturated carbocycles. The lowest BCUT2D eigenvalue weighted by atomic mass is 10.1. The molecule has 34 heavy (non-hydrogen) atoms. The molecule has 3 unspecified atom stereocenters. The lowest BCUT2D eigenvalue weighted by molar-refractivity contribution is -0.117. The maximum Gasteiger partial charge on any atom is 0.244 e. The summed E-state index contributed by atoms with van der Waals surface area (Å²) in [6.07, 6.45) is 2.85. The lowest BCUT2D eigenvalue weighted by Gasteiger charge is -2.20. The Bertz CT molecular complexity index is 1180. The summed E-state index contributed by atoms with van der Waals surface area (Å²) in [5.41, 5.74) is 1.45. The van der Waals surface area contributed by atoms with Gasteiger partial charge in [0.2, 0.25) is 21.8 Å². The van der Waals surface area contributed by atoms with Crippen molar-refractivity contribution < 1.29 is 18.0 Å². The van der Waals surface area contributed by atoms with E-state index in [2.05, 4.69) is 17.2 Å². The highest BCUT2D eigenvalue weighted by Crippen LogP contribution is 2.43. The number of rotatable bonds is 8. The van der Waals surface area contributed by atoms with Gasteiger partial charge in [0.15, 0.2) is 0 Å². The second kappa shape index (κ2) is 10.5. The van der Waals surface area contributed by atoms with E-state index < -0.39 is 10.0 Å². The molecule has 2 aliphatic rings. The number of thioether (sulfide) groups is 1. The van der Waals surface area contributed by atoms with Gasteiger partial charge in [-0.2, -0.15) is 4.31 Å². The molecule has 2 N–H and O–H groups in total. The maximum absolute atomic E-state index is 13.2. The highest BCUT2D eigenvalue weighted by molar-refractivity contribution is 8.00. The number of nitrogens with zero attached hydrogens (tertiary/aromatic N) is 1. The second-order valence-corrected chi connectivity index (χ2v) is 12.2. The zero-order valence-corrected chi connectivity index (χ0v) is 20.8. The Balaban J connectivity index is 1.35. The Morgan fingerprint density at radius 2 is 1.94 bits per heavy atom. The summed E-state index contributed by atoms with van der Waals surface area (Å²) < 4.78 is 27.9. The van der Waals surface area contributed by atoms with Crippen molar-refractivity contribution in [2.45, 2.75) is 34.8 Å². The molecule has 3 atom stereocenters. The van der Waals surface area contributed by atoms with Crippen LogP contribution in [0.3, 0.4) is 0 Å². The van der Waals surface area contributed by atoms with E-state index in [9.17, 15) is 18.0 Å². The van der Waals surface area contributed by atoms with E-state index in [0.717, 1.165) is 12.0 Å². The number of amides is 2. The average Bonchev–Trinajstić information content (AvgIpc) is 3.39. The summed E-state index contributed by atoms with van der Waals surface area (Å²) in [7, 11) is -3.72. The standard InChI is InChI=1S/C24H26ClN3O4S2/c1-2-22(29)27-24-12-17-14-28(15-21(17)33-24)34(31,32)18-9-10-20(19(25)13-18)26-23(30)11-8-16-6-4-3-5-7-16/h2-7,9-10,13,17,21,24H,1,8,11-12,14-15H2,(H,26,30)(H,27,29). The Morgan fingerprint density at radius 3 is 2.62 bits per heavy atom. The SMILES string of the molecule is C=CC(=O)NC1CC2CN(S(=O)(=O)c3ccc(NC(=O)CCc4ccccc4)c(Cl)c3)CC2S1. The predicted octanol–water partition coefficient (Wildman–Crippen LogP) is 3.67. The van der Waals surface area contributed by atoms with E-state index in [1.807, 2.05) is 30.3 Å². The van der Waals surface area contributed by atoms with Crippen molar-refractivity contribution in [3.8, 4) is 0 Å². The fraction of sp³-hybridized carbons (Fsp3) is 0.333. The van der Waals surface area contributed by atoms with Crippen molar-refractivity contribution in [3.05, 3.63) is 71.8 Å². The molecule has 180 valence electrons. The van der Waals surface area contributed by atoms with Gasteiger partial charge in [0.1, 0.15) is 0 Å². The molecule has 0 bridgehead atoms. The van der Waals surface area contributed by atoms with Crippen LogP contribution < -0.4 is 10.6 Å². The van der Waals surface area contributed by atoms with Gasteiger partial charge in [-0.3, -0.25) is 9.59 Å². The number of hydrogen-bond acceptors (Lipinski definition) is 5. The molecule has 0 aromatic heterocycles. The first-order valence-electron chi connectivity index (χ1n) is 11.0. The van der Waals surface area contributed by atoms with E-state index in [-0.39, 0.29) is 38.3 Å². The molecule has 2 aromatic rings. The van der Waals surface area contributed by atoms with E-state index in [1.165, 1.54) is 28.6 Å². The number of carbonyl (C=O) groups is 2. The molecular weight excluding hydrogens is 494 g/mol. The number of aryl methyl sites for hydroxylation is 1. The van der Waals surface area contributed by atoms with E-state index in [4.69, 9.17) is 11.6 Å². The molecule has 2 aromatic carbocycles. The van der Waals surface area contributed by atoms with Crippen LogP contribution in [0.1, 0.15) is 18.4 Å². The largest absolute Gasteiger partial charge is 0.341 e. The third-order valence-electron chi connectivity index (χ3n) is 6.03. The number of hydrogen-bond donors (Lipinski definition) is 2. The number of sulfonamides is 1. The summed E-state index contributed by atoms with van der Waals surface area (Å²) in [6, 6.07) is 14.1. The third-order valence-corrected chi connectivity index (χ3v) is 9.69. The highest BCUT2D eigenvalue weighted by atomic mass is 35.5. The van der Waals surface area contributed by atoms with Gasteiger partial charge in [-0.1, -0.05) is 48.5 Å². The molecule has 0 aliphatic carbocycles. The number of anilines is 1. The molecule has 0 radical (unpaired) electrons. The van der Waals surface area contributed by atoms with Gasteiger partial charge in [-0.25, -0.2) is 8.42 Å². The van der Waals surface area contributed by atoms with Crippen molar-refractivity contribution in [2.75, 3.05) is 18.4 Å². The molecule has 2 aliphatic heterocycles. The molecule has 4 rings (SSSR count). The minimum atomic E-state index is -3.72. The quantitative estimate of drug-likeness (QED) is 0.519. The Kier molecular flexibility index (Phi) is 7.67. The van der Waals surface area contributed by atoms with Crippen LogP contribution in [0.15, 0.2) is 66.1 Å². The first kappa shape index (κ1) is 24.8. The first-order valence-corrected chi connectivity index (χ1v) is 13.7. The Labute approximate surface area is 209 Å². The topological polar surface area (TPSA) is 95.6 Å². The summed E-state index contributed by atoms with van der Waals surface area (Å²) in [4.78, 5) is 24.0. The van der Waals surface area contributed by atoms with Crippen molar-refractivity contribution in [2.24, 2.45) is 5.92 Å². The zero-order valence-electron chi connectivity index (χ0n) is 18.4. The van der Waals surface area contributed by atoms with Gasteiger partial charge in [0, 0.05) is 24.8 Å². The molecule has 2 heterocycles. The van der Waals surface area contributed by atoms with Gasteiger partial charge in [-0.15, -0.1) is 11.8 Å². The van der Waals surface area contributed by atoms with Crippen LogP contribution in [-0.2, 0) is 26.0 Å². The Morgan fingerprint density at radius 1 is 1.18 bits per heavy atom. The monoisotopic (exact) mass is 519 g/mol. The van der Waals surface area contributed by atoms with Gasteiger partial charge in [-0.05, 0) is 48.6 Å². The van der Waals surface area contributed by atoms with Gasteiger partial charge >= 0.3 is 0 Å². The second-order valence-electron chi connectivity index (χ2n) is 8.37. The van der Waals surface area contributed by atoms with E-state index in [0.29, 0.717) is 31.6 Å². The van der Waals surface area contributed by atoms with Crippen LogP contribution in [-0.4, -0.2) is 48.3 Å². The van der Waals surface area contributed by atoms with Crippen LogP contribution in [0.4, 0.5) is 5.69 Å². The van der Waals surface area contributed by atoms with Crippen LogP contribution in [0.25, 0.3) is 0 Å². The van der Waals surface area contributed by atoms with Crippen LogP contribution in [0.2, 0.25) is 5.02 Å². The van der Waals surface area contributed by atoms with E-state index >= 15 is 0 Å².